The van der Waals surface area contributed by atoms with Gasteiger partial charge in [0.15, 0.2) is 0 Å². The molecule has 2 nitrogen and oxygen atoms in total. The molecule has 0 aliphatic rings. The first-order valence-electron chi connectivity index (χ1n) is 24.0. The maximum atomic E-state index is 6.31. The van der Waals surface area contributed by atoms with Gasteiger partial charge < -0.3 is 9.32 Å². The highest BCUT2D eigenvalue weighted by molar-refractivity contribution is 6.22. The number of fused-ring (bicyclic) bond motifs is 6. The number of furan rings is 1. The lowest BCUT2D eigenvalue weighted by atomic mass is 9.84. The molecule has 1 heterocycles. The fraction of sp³-hybridized carbons (Fsp3) is 0. The number of benzene rings is 12. The molecule has 0 N–H and O–H groups in total. The van der Waals surface area contributed by atoms with Gasteiger partial charge in [0.25, 0.3) is 0 Å². The quantitative estimate of drug-likeness (QED) is 0.134. The number of anilines is 3. The lowest BCUT2D eigenvalue weighted by molar-refractivity contribution is 0.669. The second-order valence-corrected chi connectivity index (χ2v) is 18.0. The summed E-state index contributed by atoms with van der Waals surface area (Å²) < 4.78 is 6.31. The maximum absolute atomic E-state index is 6.31. The molecule has 0 unspecified atom stereocenters. The predicted octanol–water partition coefficient (Wildman–Crippen LogP) is 19.4. The van der Waals surface area contributed by atoms with E-state index in [9.17, 15) is 0 Å². The van der Waals surface area contributed by atoms with Crippen molar-refractivity contribution in [1.82, 2.24) is 0 Å². The van der Waals surface area contributed by atoms with Gasteiger partial charge in [0.05, 0.1) is 5.69 Å². The van der Waals surface area contributed by atoms with E-state index in [4.69, 9.17) is 4.42 Å². The summed E-state index contributed by atoms with van der Waals surface area (Å²) in [7, 11) is 0. The third-order valence-corrected chi connectivity index (χ3v) is 13.9. The molecular weight excluding hydrogens is 847 g/mol. The molecule has 0 fully saturated rings. The van der Waals surface area contributed by atoms with Crippen molar-refractivity contribution in [3.8, 4) is 66.8 Å². The van der Waals surface area contributed by atoms with Crippen molar-refractivity contribution in [2.75, 3.05) is 4.90 Å². The molecule has 0 aliphatic heterocycles. The Morgan fingerprint density at radius 2 is 0.686 bits per heavy atom. The minimum atomic E-state index is 0.892. The average molecular weight is 892 g/mol. The Morgan fingerprint density at radius 3 is 1.34 bits per heavy atom. The summed E-state index contributed by atoms with van der Waals surface area (Å²) in [5.74, 6) is 0. The van der Waals surface area contributed by atoms with Crippen LogP contribution in [0.2, 0.25) is 0 Å². The summed E-state index contributed by atoms with van der Waals surface area (Å²) in [5.41, 5.74) is 19.2. The van der Waals surface area contributed by atoms with Crippen LogP contribution in [-0.2, 0) is 0 Å². The highest BCUT2D eigenvalue weighted by Gasteiger charge is 2.22. The van der Waals surface area contributed by atoms with Crippen molar-refractivity contribution in [3.05, 3.63) is 273 Å². The number of rotatable bonds is 9. The van der Waals surface area contributed by atoms with Crippen LogP contribution < -0.4 is 4.90 Å². The standard InChI is InChI=1S/C68H45NO/c1-5-18-46(19-6-1)53-37-43-63(61(44-53)48-20-7-2-8-21-48)69(55-40-34-49(35-41-55)56-29-17-31-65-68(56)60-28-15-16-30-64(60)70-65)54-38-32-47(33-39-54)52-36-42-58-57-26-13-14-27-59(57)66(50-22-9-3-10-23-50)67(62(58)45-52)51-24-11-4-12-25-51/h1-45H. The van der Waals surface area contributed by atoms with Crippen molar-refractivity contribution < 1.29 is 4.42 Å². The minimum Gasteiger partial charge on any atom is -0.456 e. The average Bonchev–Trinajstić information content (AvgIpc) is 3.83. The lowest BCUT2D eigenvalue weighted by Crippen LogP contribution is -2.11. The number of para-hydroxylation sites is 1. The molecule has 0 saturated heterocycles. The van der Waals surface area contributed by atoms with Crippen LogP contribution in [0.1, 0.15) is 0 Å². The van der Waals surface area contributed by atoms with E-state index in [1.54, 1.807) is 0 Å². The van der Waals surface area contributed by atoms with Crippen molar-refractivity contribution in [2.24, 2.45) is 0 Å². The van der Waals surface area contributed by atoms with Crippen molar-refractivity contribution >= 4 is 60.5 Å². The fourth-order valence-corrected chi connectivity index (χ4v) is 10.6. The molecule has 0 bridgehead atoms. The SMILES string of the molecule is c1ccc(-c2ccc(N(c3ccc(-c4ccc5c(c4)c(-c4ccccc4)c(-c4ccccc4)c4ccccc45)cc3)c3ccc(-c4cccc5oc6ccccc6c45)cc3)c(-c3ccccc3)c2)cc1. The van der Waals surface area contributed by atoms with Gasteiger partial charge in [-0.3, -0.25) is 0 Å². The summed E-state index contributed by atoms with van der Waals surface area (Å²) >= 11 is 0. The van der Waals surface area contributed by atoms with Gasteiger partial charge in [-0.15, -0.1) is 0 Å². The fourth-order valence-electron chi connectivity index (χ4n) is 10.6. The van der Waals surface area contributed by atoms with Crippen LogP contribution >= 0.6 is 0 Å². The molecule has 0 aliphatic carbocycles. The van der Waals surface area contributed by atoms with E-state index in [1.165, 1.54) is 60.5 Å². The monoisotopic (exact) mass is 891 g/mol. The second-order valence-electron chi connectivity index (χ2n) is 18.0. The zero-order chi connectivity index (χ0) is 46.4. The van der Waals surface area contributed by atoms with Gasteiger partial charge in [-0.2, -0.15) is 0 Å². The molecule has 0 atom stereocenters. The van der Waals surface area contributed by atoms with Crippen LogP contribution in [0, 0.1) is 0 Å². The molecule has 12 aromatic carbocycles. The Balaban J connectivity index is 0.973. The lowest BCUT2D eigenvalue weighted by Gasteiger charge is -2.29. The number of hydrogen-bond donors (Lipinski definition) is 0. The Hall–Kier alpha value is -9.24. The van der Waals surface area contributed by atoms with Gasteiger partial charge in [-0.05, 0) is 137 Å². The smallest absolute Gasteiger partial charge is 0.136 e. The van der Waals surface area contributed by atoms with Crippen LogP contribution in [-0.4, -0.2) is 0 Å². The molecule has 328 valence electrons. The third-order valence-electron chi connectivity index (χ3n) is 13.9. The van der Waals surface area contributed by atoms with E-state index < -0.39 is 0 Å². The van der Waals surface area contributed by atoms with E-state index in [-0.39, 0.29) is 0 Å². The Kier molecular flexibility index (Phi) is 10.2. The first-order chi connectivity index (χ1) is 34.7. The summed E-state index contributed by atoms with van der Waals surface area (Å²) in [6, 6.07) is 98.7. The second kappa shape index (κ2) is 17.4. The topological polar surface area (TPSA) is 16.4 Å². The predicted molar refractivity (Wildman–Crippen MR) is 296 cm³/mol. The molecule has 0 radical (unpaired) electrons. The zero-order valence-electron chi connectivity index (χ0n) is 38.3. The Morgan fingerprint density at radius 1 is 0.243 bits per heavy atom. The van der Waals surface area contributed by atoms with E-state index in [2.05, 4.69) is 266 Å². The van der Waals surface area contributed by atoms with Gasteiger partial charge in [0.2, 0.25) is 0 Å². The molecule has 70 heavy (non-hydrogen) atoms. The van der Waals surface area contributed by atoms with Gasteiger partial charge >= 0.3 is 0 Å². The van der Waals surface area contributed by atoms with E-state index >= 15 is 0 Å². The first-order valence-corrected chi connectivity index (χ1v) is 24.0. The molecule has 0 saturated carbocycles. The first kappa shape index (κ1) is 41.0. The van der Waals surface area contributed by atoms with Gasteiger partial charge in [-0.25, -0.2) is 0 Å². The molecule has 1 aromatic heterocycles. The number of nitrogens with zero attached hydrogens (tertiary/aromatic N) is 1. The zero-order valence-corrected chi connectivity index (χ0v) is 38.3. The van der Waals surface area contributed by atoms with E-state index in [0.29, 0.717) is 0 Å². The highest BCUT2D eigenvalue weighted by atomic mass is 16.3. The molecule has 0 spiro atoms. The Bertz CT molecular complexity index is 4010. The highest BCUT2D eigenvalue weighted by Crippen LogP contribution is 2.47. The molecular formula is C68H45NO. The summed E-state index contributed by atoms with van der Waals surface area (Å²) in [6.45, 7) is 0. The molecule has 13 rings (SSSR count). The minimum absolute atomic E-state index is 0.892. The summed E-state index contributed by atoms with van der Waals surface area (Å²) in [4.78, 5) is 2.41. The third kappa shape index (κ3) is 7.22. The van der Waals surface area contributed by atoms with Crippen LogP contribution in [0.4, 0.5) is 17.1 Å². The van der Waals surface area contributed by atoms with E-state index in [1.807, 2.05) is 12.1 Å². The van der Waals surface area contributed by atoms with Crippen molar-refractivity contribution in [2.45, 2.75) is 0 Å². The normalized spacial score (nSPS) is 11.4. The van der Waals surface area contributed by atoms with Crippen LogP contribution in [0.25, 0.3) is 110 Å². The molecule has 13 aromatic rings. The maximum Gasteiger partial charge on any atom is 0.136 e. The largest absolute Gasteiger partial charge is 0.456 e. The van der Waals surface area contributed by atoms with Crippen LogP contribution in [0.15, 0.2) is 277 Å². The Labute approximate surface area is 407 Å². The van der Waals surface area contributed by atoms with Crippen molar-refractivity contribution in [1.29, 1.82) is 0 Å². The summed E-state index contributed by atoms with van der Waals surface area (Å²) in [6.07, 6.45) is 0. The van der Waals surface area contributed by atoms with Crippen molar-refractivity contribution in [3.63, 3.8) is 0 Å². The number of hydrogen-bond acceptors (Lipinski definition) is 2. The van der Waals surface area contributed by atoms with Gasteiger partial charge in [-0.1, -0.05) is 218 Å². The van der Waals surface area contributed by atoms with Crippen LogP contribution in [0.3, 0.4) is 0 Å². The van der Waals surface area contributed by atoms with Gasteiger partial charge in [0.1, 0.15) is 11.2 Å². The molecule has 2 heteroatoms. The van der Waals surface area contributed by atoms with E-state index in [0.717, 1.165) is 66.8 Å². The van der Waals surface area contributed by atoms with Crippen LogP contribution in [0.5, 0.6) is 0 Å². The van der Waals surface area contributed by atoms with Gasteiger partial charge in [0, 0.05) is 27.7 Å². The molecule has 0 amide bonds. The summed E-state index contributed by atoms with van der Waals surface area (Å²) in [5, 5.41) is 7.24.